The summed E-state index contributed by atoms with van der Waals surface area (Å²) in [5.74, 6) is -1.23. The predicted octanol–water partition coefficient (Wildman–Crippen LogP) is 2.54. The average molecular weight is 386 g/mol. The van der Waals surface area contributed by atoms with Crippen LogP contribution in [0.5, 0.6) is 0 Å². The molecule has 0 aliphatic carbocycles. The number of rotatable bonds is 6. The summed E-state index contributed by atoms with van der Waals surface area (Å²) in [5, 5.41) is 11.8. The van der Waals surface area contributed by atoms with Gasteiger partial charge in [-0.1, -0.05) is 30.3 Å². The van der Waals surface area contributed by atoms with Gasteiger partial charge in [0.15, 0.2) is 0 Å². The Bertz CT molecular complexity index is 818. The second kappa shape index (κ2) is 8.81. The molecule has 1 aliphatic heterocycles. The molecule has 1 aliphatic rings. The van der Waals surface area contributed by atoms with Crippen molar-refractivity contribution in [2.45, 2.75) is 25.8 Å². The van der Waals surface area contributed by atoms with Gasteiger partial charge in [-0.25, -0.2) is 4.79 Å². The van der Waals surface area contributed by atoms with Crippen molar-refractivity contribution in [1.29, 1.82) is 0 Å². The number of aromatic carboxylic acids is 1. The Kier molecular flexibility index (Phi) is 6.24. The van der Waals surface area contributed by atoms with Crippen LogP contribution in [0, 0.1) is 5.92 Å². The molecular weight excluding hydrogens is 364 g/mol. The molecule has 7 heteroatoms. The lowest BCUT2D eigenvalue weighted by Crippen LogP contribution is -2.45. The SMILES string of the molecule is O=C(O)c1ccc(CNC(=O)C2CCCN(C(=O)Cc3ccccc3)C2)s1. The Morgan fingerprint density at radius 3 is 2.63 bits per heavy atom. The fourth-order valence-corrected chi connectivity index (χ4v) is 3.99. The van der Waals surface area contributed by atoms with E-state index in [1.165, 1.54) is 0 Å². The van der Waals surface area contributed by atoms with E-state index in [9.17, 15) is 14.4 Å². The van der Waals surface area contributed by atoms with Gasteiger partial charge in [0.05, 0.1) is 18.9 Å². The van der Waals surface area contributed by atoms with Gasteiger partial charge in [-0.05, 0) is 30.5 Å². The molecule has 1 saturated heterocycles. The summed E-state index contributed by atoms with van der Waals surface area (Å²) in [6.45, 7) is 1.43. The Labute approximate surface area is 161 Å². The highest BCUT2D eigenvalue weighted by atomic mass is 32.1. The molecule has 1 aromatic heterocycles. The van der Waals surface area contributed by atoms with Gasteiger partial charge in [-0.15, -0.1) is 11.3 Å². The van der Waals surface area contributed by atoms with Gasteiger partial charge in [0.1, 0.15) is 4.88 Å². The van der Waals surface area contributed by atoms with Crippen LogP contribution >= 0.6 is 11.3 Å². The summed E-state index contributed by atoms with van der Waals surface area (Å²) in [4.78, 5) is 38.7. The molecule has 1 fully saturated rings. The third kappa shape index (κ3) is 5.17. The maximum absolute atomic E-state index is 12.5. The van der Waals surface area contributed by atoms with Crippen molar-refractivity contribution in [3.8, 4) is 0 Å². The van der Waals surface area contributed by atoms with E-state index < -0.39 is 5.97 Å². The molecule has 3 rings (SSSR count). The lowest BCUT2D eigenvalue weighted by molar-refractivity contribution is -0.135. The molecule has 1 aromatic carbocycles. The highest BCUT2D eigenvalue weighted by Gasteiger charge is 2.28. The normalized spacial score (nSPS) is 16.7. The summed E-state index contributed by atoms with van der Waals surface area (Å²) in [6.07, 6.45) is 1.91. The second-order valence-corrected chi connectivity index (χ2v) is 7.80. The first kappa shape index (κ1) is 19.1. The molecule has 2 N–H and O–H groups in total. The number of carboxylic acids is 1. The fourth-order valence-electron chi connectivity index (χ4n) is 3.21. The van der Waals surface area contributed by atoms with Crippen LogP contribution in [0.1, 0.15) is 33.0 Å². The topological polar surface area (TPSA) is 86.7 Å². The van der Waals surface area contributed by atoms with Crippen LogP contribution in [0.3, 0.4) is 0 Å². The quantitative estimate of drug-likeness (QED) is 0.799. The van der Waals surface area contributed by atoms with Gasteiger partial charge in [0.25, 0.3) is 0 Å². The summed E-state index contributed by atoms with van der Waals surface area (Å²) in [5.41, 5.74) is 0.973. The van der Waals surface area contributed by atoms with E-state index >= 15 is 0 Å². The Morgan fingerprint density at radius 2 is 1.93 bits per heavy atom. The number of likely N-dealkylation sites (tertiary alicyclic amines) is 1. The zero-order valence-electron chi connectivity index (χ0n) is 14.9. The molecule has 27 heavy (non-hydrogen) atoms. The lowest BCUT2D eigenvalue weighted by atomic mass is 9.96. The van der Waals surface area contributed by atoms with Crippen molar-refractivity contribution in [2.75, 3.05) is 13.1 Å². The van der Waals surface area contributed by atoms with Crippen molar-refractivity contribution in [3.63, 3.8) is 0 Å². The third-order valence-electron chi connectivity index (χ3n) is 4.65. The van der Waals surface area contributed by atoms with Gasteiger partial charge < -0.3 is 15.3 Å². The van der Waals surface area contributed by atoms with Gasteiger partial charge in [-0.2, -0.15) is 0 Å². The van der Waals surface area contributed by atoms with Crippen LogP contribution in [0.15, 0.2) is 42.5 Å². The van der Waals surface area contributed by atoms with E-state index in [-0.39, 0.29) is 22.6 Å². The first-order valence-corrected chi connectivity index (χ1v) is 9.76. The Morgan fingerprint density at radius 1 is 1.15 bits per heavy atom. The molecule has 1 atom stereocenters. The Balaban J connectivity index is 1.51. The van der Waals surface area contributed by atoms with E-state index in [4.69, 9.17) is 5.11 Å². The van der Waals surface area contributed by atoms with E-state index in [0.717, 1.165) is 34.6 Å². The molecule has 0 saturated carbocycles. The maximum atomic E-state index is 12.5. The number of amides is 2. The zero-order valence-corrected chi connectivity index (χ0v) is 15.7. The summed E-state index contributed by atoms with van der Waals surface area (Å²) in [7, 11) is 0. The van der Waals surface area contributed by atoms with Crippen molar-refractivity contribution in [2.24, 2.45) is 5.92 Å². The molecule has 6 nitrogen and oxygen atoms in total. The number of carboxylic acid groups (broad SMARTS) is 1. The molecule has 142 valence electrons. The number of benzene rings is 1. The predicted molar refractivity (Wildman–Crippen MR) is 103 cm³/mol. The van der Waals surface area contributed by atoms with Crippen molar-refractivity contribution in [3.05, 3.63) is 57.8 Å². The molecule has 0 spiro atoms. The van der Waals surface area contributed by atoms with Crippen molar-refractivity contribution in [1.82, 2.24) is 10.2 Å². The van der Waals surface area contributed by atoms with Gasteiger partial charge in [-0.3, -0.25) is 9.59 Å². The highest BCUT2D eigenvalue weighted by Crippen LogP contribution is 2.19. The van der Waals surface area contributed by atoms with Crippen LogP contribution in [0.2, 0.25) is 0 Å². The number of hydrogen-bond donors (Lipinski definition) is 2. The first-order chi connectivity index (χ1) is 13.0. The standard InChI is InChI=1S/C20H22N2O4S/c23-18(11-14-5-2-1-3-6-14)22-10-4-7-15(13-22)19(24)21-12-16-8-9-17(27-16)20(25)26/h1-3,5-6,8-9,15H,4,7,10-13H2,(H,21,24)(H,25,26). The molecule has 0 bridgehead atoms. The van der Waals surface area contributed by atoms with Crippen LogP contribution in [-0.2, 0) is 22.6 Å². The van der Waals surface area contributed by atoms with Crippen molar-refractivity contribution >= 4 is 29.1 Å². The van der Waals surface area contributed by atoms with E-state index in [1.807, 2.05) is 30.3 Å². The number of carbonyl (C=O) groups excluding carboxylic acids is 2. The summed E-state index contributed by atoms with van der Waals surface area (Å²) < 4.78 is 0. The van der Waals surface area contributed by atoms with Gasteiger partial charge in [0.2, 0.25) is 11.8 Å². The van der Waals surface area contributed by atoms with E-state index in [1.54, 1.807) is 17.0 Å². The van der Waals surface area contributed by atoms with Gasteiger partial charge in [0, 0.05) is 18.0 Å². The van der Waals surface area contributed by atoms with Crippen LogP contribution in [0.4, 0.5) is 0 Å². The van der Waals surface area contributed by atoms with Crippen LogP contribution in [0.25, 0.3) is 0 Å². The average Bonchev–Trinajstić information content (AvgIpc) is 3.16. The summed E-state index contributed by atoms with van der Waals surface area (Å²) >= 11 is 1.16. The van der Waals surface area contributed by atoms with Crippen LogP contribution in [-0.4, -0.2) is 40.9 Å². The largest absolute Gasteiger partial charge is 0.477 e. The maximum Gasteiger partial charge on any atom is 0.345 e. The first-order valence-electron chi connectivity index (χ1n) is 8.94. The Hall–Kier alpha value is -2.67. The number of piperidine rings is 1. The number of carbonyl (C=O) groups is 3. The molecule has 1 unspecified atom stereocenters. The third-order valence-corrected chi connectivity index (χ3v) is 5.73. The minimum absolute atomic E-state index is 0.0445. The van der Waals surface area contributed by atoms with Crippen LogP contribution < -0.4 is 5.32 Å². The van der Waals surface area contributed by atoms with E-state index in [2.05, 4.69) is 5.32 Å². The molecular formula is C20H22N2O4S. The number of nitrogens with one attached hydrogen (secondary N) is 1. The van der Waals surface area contributed by atoms with E-state index in [0.29, 0.717) is 26.1 Å². The molecule has 2 amide bonds. The van der Waals surface area contributed by atoms with Gasteiger partial charge >= 0.3 is 5.97 Å². The fraction of sp³-hybridized carbons (Fsp3) is 0.350. The smallest absolute Gasteiger partial charge is 0.345 e. The number of hydrogen-bond acceptors (Lipinski definition) is 4. The van der Waals surface area contributed by atoms with Crippen molar-refractivity contribution < 1.29 is 19.5 Å². The second-order valence-electron chi connectivity index (χ2n) is 6.63. The minimum Gasteiger partial charge on any atom is -0.477 e. The molecule has 2 aromatic rings. The molecule has 2 heterocycles. The lowest BCUT2D eigenvalue weighted by Gasteiger charge is -2.32. The molecule has 0 radical (unpaired) electrons. The summed E-state index contributed by atoms with van der Waals surface area (Å²) in [6, 6.07) is 12.9. The monoisotopic (exact) mass is 386 g/mol. The minimum atomic E-state index is -0.961. The highest BCUT2D eigenvalue weighted by molar-refractivity contribution is 7.13. The number of nitrogens with zero attached hydrogens (tertiary/aromatic N) is 1. The zero-order chi connectivity index (χ0) is 19.2. The number of thiophene rings is 1.